The smallest absolute Gasteiger partial charge is 0.324 e. The predicted octanol–water partition coefficient (Wildman–Crippen LogP) is 4.78. The minimum atomic E-state index is -1.08. The third kappa shape index (κ3) is 9.94. The van der Waals surface area contributed by atoms with Gasteiger partial charge in [0, 0.05) is 99.4 Å². The van der Waals surface area contributed by atoms with E-state index >= 15 is 0 Å². The summed E-state index contributed by atoms with van der Waals surface area (Å²) in [6.07, 6.45) is 3.83. The van der Waals surface area contributed by atoms with E-state index in [9.17, 15) is 24.0 Å². The summed E-state index contributed by atoms with van der Waals surface area (Å²) in [5, 5.41) is 11.2. The zero-order valence-corrected chi connectivity index (χ0v) is 41.1. The molecular formula is C49H66N10O7S. The average molecular weight is 939 g/mol. The number of benzene rings is 1. The van der Waals surface area contributed by atoms with E-state index in [1.807, 2.05) is 32.2 Å². The Labute approximate surface area is 396 Å². The number of fused-ring (bicyclic) bond motifs is 6. The van der Waals surface area contributed by atoms with Gasteiger partial charge in [0.05, 0.1) is 46.9 Å². The van der Waals surface area contributed by atoms with E-state index in [1.54, 1.807) is 37.2 Å². The van der Waals surface area contributed by atoms with Crippen LogP contribution in [0.1, 0.15) is 83.2 Å². The molecule has 5 amide bonds. The van der Waals surface area contributed by atoms with Gasteiger partial charge in [0.25, 0.3) is 5.91 Å². The number of carbonyl (C=O) groups excluding carboxylic acids is 5. The number of nitrogens with zero attached hydrogens (tertiary/aromatic N) is 7. The molecule has 360 valence electrons. The normalized spacial score (nSPS) is 22.8. The van der Waals surface area contributed by atoms with Crippen LogP contribution in [0.4, 0.5) is 4.79 Å². The summed E-state index contributed by atoms with van der Waals surface area (Å²) in [7, 11) is 5.07. The first kappa shape index (κ1) is 48.0. The quantitative estimate of drug-likeness (QED) is 0.146. The van der Waals surface area contributed by atoms with Gasteiger partial charge in [-0.1, -0.05) is 33.8 Å². The van der Waals surface area contributed by atoms with Gasteiger partial charge in [-0.15, -0.1) is 11.3 Å². The van der Waals surface area contributed by atoms with Crippen molar-refractivity contribution in [1.82, 2.24) is 50.3 Å². The number of rotatable bonds is 10. The van der Waals surface area contributed by atoms with E-state index in [2.05, 4.69) is 65.7 Å². The van der Waals surface area contributed by atoms with E-state index < -0.39 is 41.3 Å². The van der Waals surface area contributed by atoms with Crippen LogP contribution in [-0.4, -0.2) is 148 Å². The second-order valence-corrected chi connectivity index (χ2v) is 20.6. The Hall–Kier alpha value is -5.43. The maximum absolute atomic E-state index is 14.7. The van der Waals surface area contributed by atoms with Gasteiger partial charge in [-0.05, 0) is 75.3 Å². The van der Waals surface area contributed by atoms with Crippen molar-refractivity contribution < 1.29 is 33.4 Å². The molecule has 1 unspecified atom stereocenters. The highest BCUT2D eigenvalue weighted by Crippen LogP contribution is 2.42. The van der Waals surface area contributed by atoms with Gasteiger partial charge in [-0.3, -0.25) is 29.2 Å². The molecule has 17 nitrogen and oxygen atoms in total. The van der Waals surface area contributed by atoms with E-state index in [0.717, 1.165) is 44.7 Å². The summed E-state index contributed by atoms with van der Waals surface area (Å²) in [6.45, 7) is 14.7. The topological polar surface area (TPSA) is 193 Å². The zero-order chi connectivity index (χ0) is 47.9. The summed E-state index contributed by atoms with van der Waals surface area (Å²) < 4.78 is 14.2. The predicted molar refractivity (Wildman–Crippen MR) is 256 cm³/mol. The number of aryl methyl sites for hydroxylation is 1. The number of aromatic nitrogens is 3. The first-order chi connectivity index (χ1) is 32.0. The number of amides is 5. The van der Waals surface area contributed by atoms with Crippen LogP contribution in [0.25, 0.3) is 33.4 Å². The number of likely N-dealkylation sites (N-methyl/N-ethyl adjacent to an activating group) is 2. The van der Waals surface area contributed by atoms with E-state index in [4.69, 9.17) is 19.4 Å². The van der Waals surface area contributed by atoms with Crippen molar-refractivity contribution in [3.8, 4) is 22.5 Å². The molecular weight excluding hydrogens is 873 g/mol. The molecule has 4 aliphatic heterocycles. The molecule has 3 N–H and O–H groups in total. The lowest BCUT2D eigenvalue weighted by molar-refractivity contribution is -0.155. The van der Waals surface area contributed by atoms with Crippen molar-refractivity contribution in [2.24, 2.45) is 11.3 Å². The summed E-state index contributed by atoms with van der Waals surface area (Å²) in [6, 6.07) is 7.02. The Bertz CT molecular complexity index is 2520. The lowest BCUT2D eigenvalue weighted by Crippen LogP contribution is -2.62. The Morgan fingerprint density at radius 1 is 1.10 bits per heavy atom. The largest absolute Gasteiger partial charge is 0.464 e. The van der Waals surface area contributed by atoms with Gasteiger partial charge in [0.15, 0.2) is 0 Å². The van der Waals surface area contributed by atoms with E-state index in [-0.39, 0.29) is 49.1 Å². The first-order valence-corrected chi connectivity index (χ1v) is 24.5. The third-order valence-corrected chi connectivity index (χ3v) is 14.7. The molecule has 4 aromatic rings. The first-order valence-electron chi connectivity index (χ1n) is 23.6. The molecule has 0 saturated carbocycles. The minimum absolute atomic E-state index is 0.0173. The highest BCUT2D eigenvalue weighted by molar-refractivity contribution is 7.10. The minimum Gasteiger partial charge on any atom is -0.464 e. The second kappa shape index (κ2) is 19.7. The summed E-state index contributed by atoms with van der Waals surface area (Å²) in [5.74, 6) is -1.65. The van der Waals surface area contributed by atoms with Crippen molar-refractivity contribution in [2.75, 3.05) is 54.0 Å². The number of likely N-dealkylation sites (tertiary alicyclic amines) is 1. The van der Waals surface area contributed by atoms with Crippen molar-refractivity contribution in [2.45, 2.75) is 117 Å². The van der Waals surface area contributed by atoms with Crippen molar-refractivity contribution in [3.05, 3.63) is 58.2 Å². The number of ether oxygens (including phenoxy) is 2. The van der Waals surface area contributed by atoms with Crippen LogP contribution in [0.3, 0.4) is 0 Å². The number of carbonyl (C=O) groups is 5. The lowest BCUT2D eigenvalue weighted by atomic mass is 9.84. The van der Waals surface area contributed by atoms with Crippen LogP contribution < -0.4 is 16.1 Å². The number of cyclic esters (lactones) is 1. The maximum Gasteiger partial charge on any atom is 0.324 e. The van der Waals surface area contributed by atoms with Crippen LogP contribution in [0, 0.1) is 11.3 Å². The number of hydrogen-bond acceptors (Lipinski definition) is 12. The fourth-order valence-electron chi connectivity index (χ4n) is 9.98. The number of esters is 1. The monoisotopic (exact) mass is 938 g/mol. The molecule has 67 heavy (non-hydrogen) atoms. The maximum atomic E-state index is 14.7. The molecule has 1 aromatic carbocycles. The van der Waals surface area contributed by atoms with Crippen LogP contribution in [0.15, 0.2) is 41.9 Å². The number of nitrogens with one attached hydrogen (secondary N) is 3. The van der Waals surface area contributed by atoms with Crippen LogP contribution >= 0.6 is 11.3 Å². The molecule has 6 atom stereocenters. The SMILES string of the molecule is CCn1c(-c2cccnc2[C@H](C)OC)c2c3cc(ccc31)-c1csc(n1)C[C@H](NC(=O)C(C(C)C)N(C)C(=O)N1CC[C@@H](N(C)C(=O)[C@H]3CN3)C1)C(=O)N1CCC[C@H](N1)C(=O)OCC(C)(C)C2. The molecule has 0 aliphatic carbocycles. The Balaban J connectivity index is 1.13. The molecule has 0 spiro atoms. The van der Waals surface area contributed by atoms with E-state index in [0.29, 0.717) is 63.4 Å². The number of hydrazine groups is 1. The standard InChI is InChI=1S/C49H66N10O7S/c1-10-58-39-16-15-30-21-33(39)34(43(58)32-13-11-18-50-41(32)29(4)65-9)23-49(5,6)27-66-47(63)35-14-12-19-59(54-35)46(62)36(22-40-52-38(30)26-67-40)53-44(60)42(28(2)3)56(8)48(64)57-20-17-31(25-57)55(7)45(61)37-24-51-37/h11,13,15-16,18,21,26,28-29,31,35-37,42,51,54H,10,12,14,17,19-20,22-25,27H2,1-9H3,(H,53,60)/t29-,31+,35-,36-,37+,42?/m0/s1. The summed E-state index contributed by atoms with van der Waals surface area (Å²) in [4.78, 5) is 84.7. The van der Waals surface area contributed by atoms with Crippen LogP contribution in [0.5, 0.6) is 0 Å². The van der Waals surface area contributed by atoms with Gasteiger partial charge in [-0.2, -0.15) is 0 Å². The molecule has 3 aromatic heterocycles. The molecule has 6 bridgehead atoms. The number of methoxy groups -OCH3 is 1. The highest BCUT2D eigenvalue weighted by Gasteiger charge is 2.42. The van der Waals surface area contributed by atoms with Crippen molar-refractivity contribution >= 4 is 52.0 Å². The van der Waals surface area contributed by atoms with Gasteiger partial charge in [-0.25, -0.2) is 15.2 Å². The fraction of sp³-hybridized carbons (Fsp3) is 0.571. The summed E-state index contributed by atoms with van der Waals surface area (Å²) in [5.41, 5.74) is 9.28. The average Bonchev–Trinajstić information content (AvgIpc) is 3.72. The number of hydrogen-bond donors (Lipinski definition) is 3. The third-order valence-electron chi connectivity index (χ3n) is 13.8. The van der Waals surface area contributed by atoms with Gasteiger partial charge in [0.1, 0.15) is 18.1 Å². The van der Waals surface area contributed by atoms with Crippen molar-refractivity contribution in [3.63, 3.8) is 0 Å². The highest BCUT2D eigenvalue weighted by atomic mass is 32.1. The number of pyridine rings is 1. The molecule has 3 saturated heterocycles. The summed E-state index contributed by atoms with van der Waals surface area (Å²) >= 11 is 1.41. The second-order valence-electron chi connectivity index (χ2n) is 19.7. The van der Waals surface area contributed by atoms with E-state index in [1.165, 1.54) is 21.2 Å². The van der Waals surface area contributed by atoms with Gasteiger partial charge >= 0.3 is 12.0 Å². The van der Waals surface area contributed by atoms with Crippen molar-refractivity contribution in [1.29, 1.82) is 0 Å². The molecule has 3 fully saturated rings. The Morgan fingerprint density at radius 2 is 1.88 bits per heavy atom. The zero-order valence-electron chi connectivity index (χ0n) is 40.3. The molecule has 7 heterocycles. The molecule has 8 rings (SSSR count). The Kier molecular flexibility index (Phi) is 14.1. The number of thiazole rings is 1. The molecule has 18 heteroatoms. The lowest BCUT2D eigenvalue weighted by Gasteiger charge is -2.37. The van der Waals surface area contributed by atoms with Gasteiger partial charge < -0.3 is 39.4 Å². The van der Waals surface area contributed by atoms with Crippen LogP contribution in [0.2, 0.25) is 0 Å². The van der Waals surface area contributed by atoms with Crippen LogP contribution in [-0.2, 0) is 48.0 Å². The number of urea groups is 1. The fourth-order valence-corrected chi connectivity index (χ4v) is 10.8. The Morgan fingerprint density at radius 3 is 2.60 bits per heavy atom. The van der Waals surface area contributed by atoms with Gasteiger partial charge in [0.2, 0.25) is 11.8 Å². The molecule has 4 aliphatic rings. The molecule has 0 radical (unpaired) electrons.